The summed E-state index contributed by atoms with van der Waals surface area (Å²) < 4.78 is 14.7. The number of hydrogen-bond acceptors (Lipinski definition) is 11. The second kappa shape index (κ2) is 24.5. The monoisotopic (exact) mass is 1130 g/mol. The Morgan fingerprint density at radius 3 is 2.20 bits per heavy atom. The van der Waals surface area contributed by atoms with Crippen LogP contribution in [0.1, 0.15) is 120 Å². The summed E-state index contributed by atoms with van der Waals surface area (Å²) in [5.74, 6) is -4.64. The normalized spacial score (nSPS) is 18.9. The molecule has 24 heteroatoms. The number of piperidine rings is 1. The zero-order chi connectivity index (χ0) is 57.7. The molecule has 2 aromatic heterocycles. The predicted octanol–water partition coefficient (Wildman–Crippen LogP) is 3.27. The Morgan fingerprint density at radius 2 is 1.52 bits per heavy atom. The van der Waals surface area contributed by atoms with Crippen LogP contribution in [0.5, 0.6) is 0 Å². The average molecular weight is 1130 g/mol. The molecule has 0 saturated carbocycles. The molecule has 4 aromatic carbocycles. The first-order valence-corrected chi connectivity index (χ1v) is 28.5. The number of aryl methyl sites for hydroxylation is 2. The van der Waals surface area contributed by atoms with Crippen LogP contribution in [-0.4, -0.2) is 124 Å². The second-order valence-electron chi connectivity index (χ2n) is 20.8. The lowest BCUT2D eigenvalue weighted by molar-refractivity contribution is -0.145. The largest absolute Gasteiger partial charge is 0.396 e. The Morgan fingerprint density at radius 1 is 0.802 bits per heavy atom. The fourth-order valence-electron chi connectivity index (χ4n) is 11.4. The molecular formula is C57H63N10O13P. The minimum Gasteiger partial charge on any atom is -0.370 e. The first-order valence-electron chi connectivity index (χ1n) is 26.9. The lowest BCUT2D eigenvalue weighted by atomic mass is 9.98. The van der Waals surface area contributed by atoms with E-state index in [-0.39, 0.29) is 92.2 Å². The van der Waals surface area contributed by atoms with Crippen LogP contribution in [0.15, 0.2) is 108 Å². The van der Waals surface area contributed by atoms with Gasteiger partial charge in [0.2, 0.25) is 41.4 Å². The van der Waals surface area contributed by atoms with Gasteiger partial charge in [0.1, 0.15) is 29.9 Å². The number of fused-ring (bicyclic) bond motifs is 3. The number of carbonyl (C=O) groups is 9. The SMILES string of the molecule is Cn1c(=O)n(C2CCC(=O)NC2=O)c2cccc(CCCCCC(=O)N3CC[C@H]4CC[C@@H](C(=O)N[C@@H](CCC(N)=O)C(=O)NC(c5ccccc5)c5ccccc5)N4C(=O)[C@@H](NC(=O)c4cc5cc(C(=O)P(=O)(O)O)ccc5[nH]4)C3)c21. The van der Waals surface area contributed by atoms with E-state index in [1.165, 1.54) is 43.2 Å². The molecule has 0 radical (unpaired) electrons. The number of rotatable bonds is 20. The number of H-pyrrole nitrogens is 1. The van der Waals surface area contributed by atoms with Gasteiger partial charge in [-0.15, -0.1) is 0 Å². The highest BCUT2D eigenvalue weighted by Crippen LogP contribution is 2.40. The molecule has 0 bridgehead atoms. The van der Waals surface area contributed by atoms with Gasteiger partial charge >= 0.3 is 13.3 Å². The molecule has 8 amide bonds. The van der Waals surface area contributed by atoms with E-state index in [1.54, 1.807) is 13.1 Å². The van der Waals surface area contributed by atoms with Gasteiger partial charge in [0.15, 0.2) is 0 Å². The maximum atomic E-state index is 15.1. The molecule has 3 fully saturated rings. The van der Waals surface area contributed by atoms with Crippen LogP contribution >= 0.6 is 7.60 Å². The maximum Gasteiger partial charge on any atom is 0.396 e. The van der Waals surface area contributed by atoms with Crippen LogP contribution in [0.2, 0.25) is 0 Å². The summed E-state index contributed by atoms with van der Waals surface area (Å²) in [6.45, 7) is -0.132. The smallest absolute Gasteiger partial charge is 0.370 e. The Kier molecular flexibility index (Phi) is 17.3. The first-order chi connectivity index (χ1) is 38.8. The number of amides is 8. The molecule has 3 saturated heterocycles. The number of hydrogen-bond donors (Lipinski definition) is 8. The molecule has 9 rings (SSSR count). The molecule has 3 aliphatic heterocycles. The molecule has 3 aliphatic rings. The number of nitrogens with zero attached hydrogens (tertiary/aromatic N) is 4. The molecule has 1 unspecified atom stereocenters. The van der Waals surface area contributed by atoms with E-state index in [0.717, 1.165) is 16.7 Å². The molecule has 81 heavy (non-hydrogen) atoms. The van der Waals surface area contributed by atoms with Gasteiger partial charge in [0.05, 0.1) is 17.1 Å². The summed E-state index contributed by atoms with van der Waals surface area (Å²) in [4.78, 5) is 160. The van der Waals surface area contributed by atoms with E-state index in [9.17, 15) is 57.5 Å². The summed E-state index contributed by atoms with van der Waals surface area (Å²) in [5.41, 5.74) is 7.35. The van der Waals surface area contributed by atoms with Crippen molar-refractivity contribution in [3.05, 3.63) is 142 Å². The third-order valence-electron chi connectivity index (χ3n) is 15.4. The van der Waals surface area contributed by atoms with Crippen molar-refractivity contribution in [3.8, 4) is 0 Å². The van der Waals surface area contributed by atoms with Crippen LogP contribution in [0.3, 0.4) is 0 Å². The van der Waals surface area contributed by atoms with Crippen molar-refractivity contribution in [1.29, 1.82) is 0 Å². The summed E-state index contributed by atoms with van der Waals surface area (Å²) in [5, 5.41) is 11.2. The van der Waals surface area contributed by atoms with Gasteiger partial charge in [-0.1, -0.05) is 79.2 Å². The van der Waals surface area contributed by atoms with Gasteiger partial charge < -0.3 is 46.3 Å². The van der Waals surface area contributed by atoms with Gasteiger partial charge in [-0.3, -0.25) is 62.2 Å². The fourth-order valence-corrected chi connectivity index (χ4v) is 11.8. The number of aromatic nitrogens is 3. The number of nitrogens with two attached hydrogens (primary N) is 1. The van der Waals surface area contributed by atoms with Gasteiger partial charge in [0, 0.05) is 61.9 Å². The topological polar surface area (TPSA) is 335 Å². The number of nitrogens with one attached hydrogen (secondary N) is 5. The first kappa shape index (κ1) is 57.2. The summed E-state index contributed by atoms with van der Waals surface area (Å²) >= 11 is 0. The van der Waals surface area contributed by atoms with E-state index in [1.807, 2.05) is 72.8 Å². The molecule has 424 valence electrons. The molecule has 6 aromatic rings. The van der Waals surface area contributed by atoms with E-state index in [0.29, 0.717) is 48.7 Å². The van der Waals surface area contributed by atoms with Crippen molar-refractivity contribution < 1.29 is 57.5 Å². The third-order valence-corrected chi connectivity index (χ3v) is 16.2. The number of unbranched alkanes of at least 4 members (excludes halogenated alkanes) is 2. The van der Waals surface area contributed by atoms with Gasteiger partial charge in [-0.2, -0.15) is 0 Å². The van der Waals surface area contributed by atoms with Crippen molar-refractivity contribution in [2.24, 2.45) is 12.8 Å². The summed E-state index contributed by atoms with van der Waals surface area (Å²) in [6, 6.07) is 23.2. The van der Waals surface area contributed by atoms with Crippen LogP contribution in [0.4, 0.5) is 0 Å². The van der Waals surface area contributed by atoms with E-state index >= 15 is 4.79 Å². The van der Waals surface area contributed by atoms with Crippen LogP contribution < -0.4 is 32.7 Å². The molecule has 0 spiro atoms. The van der Waals surface area contributed by atoms with Crippen molar-refractivity contribution in [2.45, 2.75) is 113 Å². The number of imide groups is 1. The van der Waals surface area contributed by atoms with Crippen molar-refractivity contribution in [2.75, 3.05) is 13.1 Å². The highest BCUT2D eigenvalue weighted by atomic mass is 31.2. The fraction of sp³-hybridized carbons (Fsp3) is 0.368. The highest BCUT2D eigenvalue weighted by molar-refractivity contribution is 7.70. The zero-order valence-electron chi connectivity index (χ0n) is 44.4. The zero-order valence-corrected chi connectivity index (χ0v) is 45.3. The Labute approximate surface area is 464 Å². The Bertz CT molecular complexity index is 3520. The molecule has 5 heterocycles. The van der Waals surface area contributed by atoms with Crippen LogP contribution in [-0.2, 0) is 51.6 Å². The summed E-state index contributed by atoms with van der Waals surface area (Å²) in [6.07, 6.45) is 3.01. The minimum absolute atomic E-state index is 0.0818. The van der Waals surface area contributed by atoms with Gasteiger partial charge in [-0.25, -0.2) is 4.79 Å². The average Bonchev–Trinajstić information content (AvgIpc) is 3.96. The van der Waals surface area contributed by atoms with E-state index in [4.69, 9.17) is 5.73 Å². The molecule has 5 atom stereocenters. The van der Waals surface area contributed by atoms with E-state index < -0.39 is 84.8 Å². The number of primary amides is 1. The maximum absolute atomic E-state index is 15.1. The Hall–Kier alpha value is -8.53. The van der Waals surface area contributed by atoms with Crippen molar-refractivity contribution in [1.82, 2.24) is 45.2 Å². The quantitative estimate of drug-likeness (QED) is 0.0310. The molecule has 9 N–H and O–H groups in total. The number of para-hydroxylation sites is 1. The van der Waals surface area contributed by atoms with Crippen LogP contribution in [0.25, 0.3) is 21.9 Å². The Balaban J connectivity index is 0.916. The molecule has 23 nitrogen and oxygen atoms in total. The minimum atomic E-state index is -5.13. The number of carbonyl (C=O) groups excluding carboxylic acids is 9. The third kappa shape index (κ3) is 12.8. The second-order valence-corrected chi connectivity index (χ2v) is 22.3. The lowest BCUT2D eigenvalue weighted by Crippen LogP contribution is -2.62. The molecule has 0 aliphatic carbocycles. The van der Waals surface area contributed by atoms with Gasteiger partial charge in [0.25, 0.3) is 11.4 Å². The predicted molar refractivity (Wildman–Crippen MR) is 295 cm³/mol. The lowest BCUT2D eigenvalue weighted by Gasteiger charge is -2.39. The number of benzene rings is 4. The van der Waals surface area contributed by atoms with E-state index in [2.05, 4.69) is 26.3 Å². The van der Waals surface area contributed by atoms with Gasteiger partial charge in [-0.05, 0) is 98.4 Å². The van der Waals surface area contributed by atoms with Crippen molar-refractivity contribution >= 4 is 82.3 Å². The van der Waals surface area contributed by atoms with Crippen LogP contribution in [0, 0.1) is 0 Å². The standard InChI is InChI=1S/C57H63N10O13P/c1-64-50-35(17-11-18-43(50)67(57(64)77)45-25-27-47(69)62-54(45)74)16-9-4-10-19-48(70)65-29-28-38-21-24-44(53(73)60-40(23-26-46(58)68)51(71)63-49(33-12-5-2-6-13-33)34-14-7-3-8-15-34)66(38)55(75)42(32-65)61-52(72)41-31-37-30-36(20-22-39(37)59-41)56(76)81(78,79)80/h2-3,5-8,11-15,17-18,20,22,30-31,38,40,42,44-45,49,59H,4,9-10,16,19,21,23-29,32H2,1H3,(H2,58,68)(H,60,73)(H,61,72)(H,63,71)(H,62,69,74)(H2,78,79,80)/t38-,40+,42+,44+,45?/m1/s1. The van der Waals surface area contributed by atoms with Crippen molar-refractivity contribution in [3.63, 3.8) is 0 Å². The number of imidazole rings is 1. The summed E-state index contributed by atoms with van der Waals surface area (Å²) in [7, 11) is -3.50. The molecular weight excluding hydrogens is 1060 g/mol. The highest BCUT2D eigenvalue weighted by Gasteiger charge is 2.46. The number of aromatic amines is 1.